The molecular formula is C60H42N2Si. The van der Waals surface area contributed by atoms with Gasteiger partial charge in [-0.15, -0.1) is 0 Å². The van der Waals surface area contributed by atoms with Crippen LogP contribution in [0.4, 0.5) is 0 Å². The van der Waals surface area contributed by atoms with E-state index in [1.165, 1.54) is 86.6 Å². The Morgan fingerprint density at radius 1 is 0.286 bits per heavy atom. The second kappa shape index (κ2) is 15.2. The van der Waals surface area contributed by atoms with E-state index in [1.54, 1.807) is 0 Å². The van der Waals surface area contributed by atoms with Crippen molar-refractivity contribution >= 4 is 72.4 Å². The first kappa shape index (κ1) is 36.8. The van der Waals surface area contributed by atoms with E-state index < -0.39 is 8.07 Å². The lowest BCUT2D eigenvalue weighted by Gasteiger charge is -2.35. The van der Waals surface area contributed by atoms with Crippen LogP contribution in [0, 0.1) is 0 Å². The first-order chi connectivity index (χ1) is 31.3. The van der Waals surface area contributed by atoms with Gasteiger partial charge in [-0.05, 0) is 79.9 Å². The van der Waals surface area contributed by atoms with Gasteiger partial charge in [0.15, 0.2) is 8.07 Å². The maximum Gasteiger partial charge on any atom is 0.180 e. The summed E-state index contributed by atoms with van der Waals surface area (Å²) in [5.74, 6) is 0. The monoisotopic (exact) mass is 818 g/mol. The molecule has 0 bridgehead atoms. The van der Waals surface area contributed by atoms with Crippen molar-refractivity contribution in [3.05, 3.63) is 255 Å². The Bertz CT molecular complexity index is 3500. The van der Waals surface area contributed by atoms with Crippen molar-refractivity contribution in [3.8, 4) is 33.6 Å². The number of para-hydroxylation sites is 2. The molecule has 12 rings (SSSR count). The first-order valence-corrected chi connectivity index (χ1v) is 23.8. The summed E-state index contributed by atoms with van der Waals surface area (Å²) in [6.07, 6.45) is 0. The summed E-state index contributed by atoms with van der Waals surface area (Å²) >= 11 is 0. The van der Waals surface area contributed by atoms with Crippen molar-refractivity contribution in [2.24, 2.45) is 0 Å². The predicted molar refractivity (Wildman–Crippen MR) is 270 cm³/mol. The zero-order chi connectivity index (χ0) is 41.7. The molecule has 2 heterocycles. The van der Waals surface area contributed by atoms with E-state index in [1.807, 2.05) is 0 Å². The molecular weight excluding hydrogens is 777 g/mol. The van der Waals surface area contributed by atoms with Gasteiger partial charge in [0.25, 0.3) is 0 Å². The average molecular weight is 819 g/mol. The Balaban J connectivity index is 1.18. The molecule has 3 heteroatoms. The van der Waals surface area contributed by atoms with Crippen LogP contribution < -0.4 is 20.7 Å². The summed E-state index contributed by atoms with van der Waals surface area (Å²) in [5.41, 5.74) is 11.9. The van der Waals surface area contributed by atoms with E-state index in [2.05, 4.69) is 264 Å². The van der Waals surface area contributed by atoms with Gasteiger partial charge in [-0.2, -0.15) is 0 Å². The maximum absolute atomic E-state index is 2.88. The molecule has 0 spiro atoms. The average Bonchev–Trinajstić information content (AvgIpc) is 3.89. The third-order valence-electron chi connectivity index (χ3n) is 13.1. The van der Waals surface area contributed by atoms with E-state index in [-0.39, 0.29) is 0 Å². The Morgan fingerprint density at radius 2 is 0.746 bits per heavy atom. The summed E-state index contributed by atoms with van der Waals surface area (Å²) in [5, 5.41) is 10.5. The first-order valence-electron chi connectivity index (χ1n) is 21.8. The Kier molecular flexibility index (Phi) is 8.87. The normalized spacial score (nSPS) is 11.8. The van der Waals surface area contributed by atoms with Crippen LogP contribution in [0.15, 0.2) is 255 Å². The molecule has 0 unspecified atom stereocenters. The minimum Gasteiger partial charge on any atom is -0.309 e. The fraction of sp³-hybridized carbons (Fsp3) is 0. The number of hydrogen-bond donors (Lipinski definition) is 0. The smallest absolute Gasteiger partial charge is 0.180 e. The van der Waals surface area contributed by atoms with E-state index in [9.17, 15) is 0 Å². The van der Waals surface area contributed by atoms with E-state index in [4.69, 9.17) is 0 Å². The van der Waals surface area contributed by atoms with E-state index in [0.717, 1.165) is 11.4 Å². The topological polar surface area (TPSA) is 9.86 Å². The van der Waals surface area contributed by atoms with Gasteiger partial charge < -0.3 is 9.13 Å². The largest absolute Gasteiger partial charge is 0.309 e. The molecule has 0 fully saturated rings. The van der Waals surface area contributed by atoms with Crippen molar-refractivity contribution < 1.29 is 0 Å². The van der Waals surface area contributed by atoms with Crippen LogP contribution in [-0.4, -0.2) is 17.2 Å². The lowest BCUT2D eigenvalue weighted by Crippen LogP contribution is -2.74. The zero-order valence-electron chi connectivity index (χ0n) is 34.6. The van der Waals surface area contributed by atoms with Crippen molar-refractivity contribution in [3.63, 3.8) is 0 Å². The Morgan fingerprint density at radius 3 is 1.38 bits per heavy atom. The van der Waals surface area contributed by atoms with Gasteiger partial charge in [0, 0.05) is 32.8 Å². The number of hydrogen-bond acceptors (Lipinski definition) is 0. The molecule has 10 aromatic carbocycles. The molecule has 12 aromatic rings. The number of nitrogens with zero attached hydrogens (tertiary/aromatic N) is 2. The van der Waals surface area contributed by atoms with Crippen molar-refractivity contribution in [1.82, 2.24) is 9.13 Å². The van der Waals surface area contributed by atoms with Crippen molar-refractivity contribution in [2.75, 3.05) is 0 Å². The second-order valence-electron chi connectivity index (χ2n) is 16.4. The molecule has 0 amide bonds. The fourth-order valence-electron chi connectivity index (χ4n) is 10.5. The molecule has 0 saturated heterocycles. The lowest BCUT2D eigenvalue weighted by atomic mass is 9.99. The third-order valence-corrected chi connectivity index (χ3v) is 17.9. The van der Waals surface area contributed by atoms with Gasteiger partial charge in [-0.25, -0.2) is 0 Å². The molecule has 0 aliphatic rings. The number of aromatic nitrogens is 2. The molecule has 63 heavy (non-hydrogen) atoms. The highest BCUT2D eigenvalue weighted by atomic mass is 28.3. The summed E-state index contributed by atoms with van der Waals surface area (Å²) in [7, 11) is -2.88. The molecule has 0 radical (unpaired) electrons. The quantitative estimate of drug-likeness (QED) is 0.107. The highest BCUT2D eigenvalue weighted by Gasteiger charge is 2.43. The van der Waals surface area contributed by atoms with Crippen LogP contribution in [0.2, 0.25) is 0 Å². The Labute approximate surface area is 368 Å². The van der Waals surface area contributed by atoms with Gasteiger partial charge in [0.2, 0.25) is 0 Å². The summed E-state index contributed by atoms with van der Waals surface area (Å²) in [4.78, 5) is 0. The minimum absolute atomic E-state index is 1.13. The highest BCUT2D eigenvalue weighted by Crippen LogP contribution is 2.42. The van der Waals surface area contributed by atoms with E-state index >= 15 is 0 Å². The molecule has 0 atom stereocenters. The standard InChI is InChI=1S/C60H42N2Si/c1-6-22-43(23-7-1)49-32-16-18-35-53(49)62-55-41-40-45(42-52(55)59-50(34-20-37-56(59)62)44-24-8-2-9-25-44)61-54-36-19-17-33-51(54)60-57(61)38-21-39-58(60)63(46-26-10-3-11-27-46,47-28-12-4-13-29-47)48-30-14-5-15-31-48/h1-42H. The highest BCUT2D eigenvalue weighted by molar-refractivity contribution is 7.20. The summed E-state index contributed by atoms with van der Waals surface area (Å²) < 4.78 is 4.99. The molecule has 0 N–H and O–H groups in total. The van der Waals surface area contributed by atoms with Crippen LogP contribution in [0.5, 0.6) is 0 Å². The van der Waals surface area contributed by atoms with Crippen LogP contribution >= 0.6 is 0 Å². The van der Waals surface area contributed by atoms with E-state index in [0.29, 0.717) is 0 Å². The van der Waals surface area contributed by atoms with Crippen LogP contribution in [0.25, 0.3) is 77.2 Å². The molecule has 0 saturated carbocycles. The molecule has 2 nitrogen and oxygen atoms in total. The third kappa shape index (κ3) is 5.78. The van der Waals surface area contributed by atoms with Gasteiger partial charge in [0.05, 0.1) is 27.8 Å². The summed E-state index contributed by atoms with van der Waals surface area (Å²) in [6, 6.07) is 94.2. The van der Waals surface area contributed by atoms with Gasteiger partial charge in [-0.1, -0.05) is 212 Å². The lowest BCUT2D eigenvalue weighted by molar-refractivity contribution is 1.17. The maximum atomic E-state index is 2.51. The number of benzene rings is 10. The van der Waals surface area contributed by atoms with Gasteiger partial charge >= 0.3 is 0 Å². The van der Waals surface area contributed by atoms with Crippen molar-refractivity contribution in [2.45, 2.75) is 0 Å². The fourth-order valence-corrected chi connectivity index (χ4v) is 15.5. The van der Waals surface area contributed by atoms with Crippen LogP contribution in [0.1, 0.15) is 0 Å². The Hall–Kier alpha value is -7.98. The van der Waals surface area contributed by atoms with Crippen LogP contribution in [0.3, 0.4) is 0 Å². The SMILES string of the molecule is c1ccc(-c2ccccc2-n2c3ccc(-n4c5ccccc5c5c([Si](c6ccccc6)(c6ccccc6)c6ccccc6)cccc54)cc3c3c(-c4ccccc4)cccc32)cc1. The van der Waals surface area contributed by atoms with Gasteiger partial charge in [-0.3, -0.25) is 0 Å². The number of rotatable bonds is 8. The summed E-state index contributed by atoms with van der Waals surface area (Å²) in [6.45, 7) is 0. The molecule has 2 aromatic heterocycles. The predicted octanol–water partition coefficient (Wildman–Crippen LogP) is 12.6. The minimum atomic E-state index is -2.88. The zero-order valence-corrected chi connectivity index (χ0v) is 35.6. The van der Waals surface area contributed by atoms with Crippen LogP contribution in [-0.2, 0) is 0 Å². The number of fused-ring (bicyclic) bond motifs is 6. The molecule has 0 aliphatic carbocycles. The molecule has 296 valence electrons. The van der Waals surface area contributed by atoms with Crippen molar-refractivity contribution in [1.29, 1.82) is 0 Å². The second-order valence-corrected chi connectivity index (χ2v) is 20.2. The molecule has 0 aliphatic heterocycles. The van der Waals surface area contributed by atoms with Gasteiger partial charge in [0.1, 0.15) is 0 Å².